The Kier molecular flexibility index (Phi) is 7.07. The van der Waals surface area contributed by atoms with E-state index in [1.165, 1.54) is 17.3 Å². The summed E-state index contributed by atoms with van der Waals surface area (Å²) in [7, 11) is 1.78. The number of carbonyl (C=O) groups excluding carboxylic acids is 2. The summed E-state index contributed by atoms with van der Waals surface area (Å²) in [4.78, 5) is 25.8. The Morgan fingerprint density at radius 3 is 2.41 bits per heavy atom. The van der Waals surface area contributed by atoms with Crippen molar-refractivity contribution in [3.63, 3.8) is 0 Å². The SMILES string of the molecule is Cc1cc(NC(=O)CSCC(=O)N(C)Cc2ccc(C(C)(C)C)cc2)no1. The fourth-order valence-corrected chi connectivity index (χ4v) is 3.17. The van der Waals surface area contributed by atoms with Crippen molar-refractivity contribution in [3.8, 4) is 0 Å². The van der Waals surface area contributed by atoms with Gasteiger partial charge in [-0.05, 0) is 23.5 Å². The third-order valence-electron chi connectivity index (χ3n) is 4.02. The van der Waals surface area contributed by atoms with E-state index in [0.717, 1.165) is 5.56 Å². The molecule has 6 nitrogen and oxygen atoms in total. The molecule has 0 spiro atoms. The van der Waals surface area contributed by atoms with Crippen molar-refractivity contribution in [2.75, 3.05) is 23.9 Å². The number of carbonyl (C=O) groups is 2. The van der Waals surface area contributed by atoms with Crippen LogP contribution in [0.2, 0.25) is 0 Å². The molecule has 0 saturated carbocycles. The topological polar surface area (TPSA) is 75.4 Å². The maximum atomic E-state index is 12.3. The molecular formula is C20H27N3O3S. The number of aryl methyl sites for hydroxylation is 1. The molecule has 0 aliphatic carbocycles. The first kappa shape index (κ1) is 21.0. The van der Waals surface area contributed by atoms with Crippen LogP contribution in [0.3, 0.4) is 0 Å². The van der Waals surface area contributed by atoms with Gasteiger partial charge in [0.2, 0.25) is 11.8 Å². The predicted octanol–water partition coefficient (Wildman–Crippen LogP) is 3.61. The summed E-state index contributed by atoms with van der Waals surface area (Å²) >= 11 is 1.28. The number of hydrogen-bond acceptors (Lipinski definition) is 5. The average molecular weight is 390 g/mol. The zero-order valence-corrected chi connectivity index (χ0v) is 17.4. The first-order valence-electron chi connectivity index (χ1n) is 8.79. The lowest BCUT2D eigenvalue weighted by molar-refractivity contribution is -0.127. The fraction of sp³-hybridized carbons (Fsp3) is 0.450. The smallest absolute Gasteiger partial charge is 0.235 e. The van der Waals surface area contributed by atoms with Crippen LogP contribution in [0.25, 0.3) is 0 Å². The molecule has 0 unspecified atom stereocenters. The second kappa shape index (κ2) is 9.08. The fourth-order valence-electron chi connectivity index (χ4n) is 2.42. The van der Waals surface area contributed by atoms with Crippen molar-refractivity contribution < 1.29 is 14.1 Å². The van der Waals surface area contributed by atoms with Gasteiger partial charge in [-0.2, -0.15) is 0 Å². The van der Waals surface area contributed by atoms with Crippen LogP contribution in [0.15, 0.2) is 34.9 Å². The molecule has 1 heterocycles. The molecule has 146 valence electrons. The van der Waals surface area contributed by atoms with E-state index >= 15 is 0 Å². The van der Waals surface area contributed by atoms with E-state index in [9.17, 15) is 9.59 Å². The number of aromatic nitrogens is 1. The zero-order valence-electron chi connectivity index (χ0n) is 16.5. The second-order valence-corrected chi connectivity index (χ2v) is 8.55. The number of anilines is 1. The number of benzene rings is 1. The minimum atomic E-state index is -0.207. The van der Waals surface area contributed by atoms with E-state index in [0.29, 0.717) is 18.1 Å². The standard InChI is InChI=1S/C20H27N3O3S/c1-14-10-17(22-26-14)21-18(24)12-27-13-19(25)23(5)11-15-6-8-16(9-7-15)20(2,3)4/h6-10H,11-13H2,1-5H3,(H,21,22,24). The van der Waals surface area contributed by atoms with Crippen LogP contribution in [0.5, 0.6) is 0 Å². The lowest BCUT2D eigenvalue weighted by atomic mass is 9.87. The van der Waals surface area contributed by atoms with Crippen molar-refractivity contribution >= 4 is 29.4 Å². The molecule has 0 aliphatic heterocycles. The molecule has 0 aliphatic rings. The maximum Gasteiger partial charge on any atom is 0.235 e. The minimum absolute atomic E-state index is 0.00928. The summed E-state index contributed by atoms with van der Waals surface area (Å²) in [5.74, 6) is 1.24. The molecule has 27 heavy (non-hydrogen) atoms. The van der Waals surface area contributed by atoms with Crippen LogP contribution in [-0.2, 0) is 21.5 Å². The van der Waals surface area contributed by atoms with Gasteiger partial charge in [0.15, 0.2) is 5.82 Å². The summed E-state index contributed by atoms with van der Waals surface area (Å²) in [5, 5.41) is 6.34. The molecule has 2 amide bonds. The quantitative estimate of drug-likeness (QED) is 0.783. The van der Waals surface area contributed by atoms with Gasteiger partial charge in [-0.15, -0.1) is 11.8 Å². The Bertz CT molecular complexity index is 779. The molecular weight excluding hydrogens is 362 g/mol. The van der Waals surface area contributed by atoms with Gasteiger partial charge in [-0.3, -0.25) is 9.59 Å². The van der Waals surface area contributed by atoms with Gasteiger partial charge < -0.3 is 14.7 Å². The first-order chi connectivity index (χ1) is 12.6. The normalized spacial score (nSPS) is 11.3. The van der Waals surface area contributed by atoms with Crippen molar-refractivity contribution in [1.82, 2.24) is 10.1 Å². The summed E-state index contributed by atoms with van der Waals surface area (Å²) in [6, 6.07) is 9.98. The Labute approximate surface area is 164 Å². The molecule has 1 aromatic heterocycles. The summed E-state index contributed by atoms with van der Waals surface area (Å²) in [6.45, 7) is 8.83. The third kappa shape index (κ3) is 6.75. The van der Waals surface area contributed by atoms with Crippen molar-refractivity contribution in [2.24, 2.45) is 0 Å². The van der Waals surface area contributed by atoms with E-state index < -0.39 is 0 Å². The Hall–Kier alpha value is -2.28. The number of amides is 2. The van der Waals surface area contributed by atoms with Gasteiger partial charge in [0, 0.05) is 19.7 Å². The molecule has 2 aromatic rings. The van der Waals surface area contributed by atoms with Crippen molar-refractivity contribution in [3.05, 3.63) is 47.2 Å². The van der Waals surface area contributed by atoms with E-state index in [1.54, 1.807) is 24.9 Å². The highest BCUT2D eigenvalue weighted by Gasteiger charge is 2.15. The van der Waals surface area contributed by atoms with Gasteiger partial charge in [0.05, 0.1) is 11.5 Å². The van der Waals surface area contributed by atoms with Gasteiger partial charge in [-0.1, -0.05) is 50.2 Å². The maximum absolute atomic E-state index is 12.3. The van der Waals surface area contributed by atoms with E-state index in [4.69, 9.17) is 4.52 Å². The highest BCUT2D eigenvalue weighted by Crippen LogP contribution is 2.22. The van der Waals surface area contributed by atoms with Crippen LogP contribution in [0, 0.1) is 6.92 Å². The van der Waals surface area contributed by atoms with E-state index in [-0.39, 0.29) is 28.7 Å². The van der Waals surface area contributed by atoms with Gasteiger partial charge >= 0.3 is 0 Å². The molecule has 0 saturated heterocycles. The van der Waals surface area contributed by atoms with Crippen LogP contribution in [0.4, 0.5) is 5.82 Å². The number of nitrogens with one attached hydrogen (secondary N) is 1. The number of hydrogen-bond donors (Lipinski definition) is 1. The van der Waals surface area contributed by atoms with E-state index in [2.05, 4.69) is 55.5 Å². The van der Waals surface area contributed by atoms with Crippen molar-refractivity contribution in [2.45, 2.75) is 39.7 Å². The molecule has 2 rings (SSSR count). The number of nitrogens with zero attached hydrogens (tertiary/aromatic N) is 2. The Morgan fingerprint density at radius 1 is 1.19 bits per heavy atom. The van der Waals surface area contributed by atoms with Gasteiger partial charge in [0.25, 0.3) is 0 Å². The van der Waals surface area contributed by atoms with Crippen molar-refractivity contribution in [1.29, 1.82) is 0 Å². The number of rotatable bonds is 7. The lowest BCUT2D eigenvalue weighted by Crippen LogP contribution is -2.28. The van der Waals surface area contributed by atoms with Crippen LogP contribution in [0.1, 0.15) is 37.7 Å². The van der Waals surface area contributed by atoms with Crippen LogP contribution < -0.4 is 5.32 Å². The summed E-state index contributed by atoms with van der Waals surface area (Å²) in [6.07, 6.45) is 0. The largest absolute Gasteiger partial charge is 0.360 e. The minimum Gasteiger partial charge on any atom is -0.360 e. The Morgan fingerprint density at radius 2 is 1.85 bits per heavy atom. The molecule has 0 atom stereocenters. The monoisotopic (exact) mass is 389 g/mol. The molecule has 1 N–H and O–H groups in total. The molecule has 7 heteroatoms. The molecule has 0 bridgehead atoms. The zero-order chi connectivity index (χ0) is 20.0. The summed E-state index contributed by atoms with van der Waals surface area (Å²) < 4.78 is 4.89. The average Bonchev–Trinajstić information content (AvgIpc) is 2.99. The molecule has 0 fully saturated rings. The summed E-state index contributed by atoms with van der Waals surface area (Å²) in [5.41, 5.74) is 2.47. The number of thioether (sulfide) groups is 1. The second-order valence-electron chi connectivity index (χ2n) is 7.56. The predicted molar refractivity (Wildman–Crippen MR) is 109 cm³/mol. The lowest BCUT2D eigenvalue weighted by Gasteiger charge is -2.21. The van der Waals surface area contributed by atoms with Crippen LogP contribution in [-0.4, -0.2) is 40.4 Å². The van der Waals surface area contributed by atoms with Gasteiger partial charge in [0.1, 0.15) is 5.76 Å². The highest BCUT2D eigenvalue weighted by atomic mass is 32.2. The highest BCUT2D eigenvalue weighted by molar-refractivity contribution is 8.00. The Balaban J connectivity index is 1.74. The third-order valence-corrected chi connectivity index (χ3v) is 4.94. The van der Waals surface area contributed by atoms with Gasteiger partial charge in [-0.25, -0.2) is 0 Å². The van der Waals surface area contributed by atoms with E-state index in [1.807, 2.05) is 0 Å². The first-order valence-corrected chi connectivity index (χ1v) is 9.95. The van der Waals surface area contributed by atoms with Crippen LogP contribution >= 0.6 is 11.8 Å². The molecule has 1 aromatic carbocycles. The molecule has 0 radical (unpaired) electrons.